The van der Waals surface area contributed by atoms with E-state index in [0.717, 1.165) is 28.4 Å². The first-order valence-electron chi connectivity index (χ1n) is 7.92. The molecule has 2 aromatic rings. The fourth-order valence-electron chi connectivity index (χ4n) is 3.35. The number of hydrogen-bond donors (Lipinski definition) is 0. The Morgan fingerprint density at radius 2 is 2.00 bits per heavy atom. The second kappa shape index (κ2) is 6.18. The van der Waals surface area contributed by atoms with Crippen LogP contribution in [-0.4, -0.2) is 15.6 Å². The zero-order valence-electron chi connectivity index (χ0n) is 13.4. The first-order chi connectivity index (χ1) is 12.0. The summed E-state index contributed by atoms with van der Waals surface area (Å²) in [6, 6.07) is 13.5. The average molecular weight is 443 g/mol. The van der Waals surface area contributed by atoms with Crippen LogP contribution in [0.5, 0.6) is 0 Å². The Hall–Kier alpha value is -2.35. The summed E-state index contributed by atoms with van der Waals surface area (Å²) < 4.78 is 0.658. The number of fused-ring (bicyclic) bond motifs is 3. The summed E-state index contributed by atoms with van der Waals surface area (Å²) in [5.74, 6) is -0.0210. The van der Waals surface area contributed by atoms with Gasteiger partial charge in [-0.15, -0.1) is 0 Å². The van der Waals surface area contributed by atoms with Gasteiger partial charge in [0.2, 0.25) is 0 Å². The predicted octanol–water partition coefficient (Wildman–Crippen LogP) is 4.66. The summed E-state index contributed by atoms with van der Waals surface area (Å²) in [6.07, 6.45) is 2.62. The molecule has 5 nitrogen and oxygen atoms in total. The maximum Gasteiger partial charge on any atom is 0.292 e. The van der Waals surface area contributed by atoms with Gasteiger partial charge in [-0.05, 0) is 47.7 Å². The largest absolute Gasteiger partial charge is 0.292 e. The Balaban J connectivity index is 1.83. The van der Waals surface area contributed by atoms with Crippen LogP contribution in [0.3, 0.4) is 0 Å². The van der Waals surface area contributed by atoms with E-state index in [-0.39, 0.29) is 16.5 Å². The van der Waals surface area contributed by atoms with Gasteiger partial charge in [0.05, 0.1) is 25.5 Å². The van der Waals surface area contributed by atoms with Crippen molar-refractivity contribution in [2.45, 2.75) is 13.3 Å². The van der Waals surface area contributed by atoms with Gasteiger partial charge in [0, 0.05) is 29.3 Å². The number of aliphatic imine (C=N–C) groups is 1. The number of pyridine rings is 1. The van der Waals surface area contributed by atoms with Gasteiger partial charge in [-0.1, -0.05) is 30.3 Å². The van der Waals surface area contributed by atoms with E-state index in [9.17, 15) is 10.1 Å². The Bertz CT molecular complexity index is 992. The highest BCUT2D eigenvalue weighted by Gasteiger charge is 2.39. The van der Waals surface area contributed by atoms with Gasteiger partial charge in [-0.3, -0.25) is 20.1 Å². The van der Waals surface area contributed by atoms with E-state index in [1.807, 2.05) is 55.5 Å². The van der Waals surface area contributed by atoms with E-state index >= 15 is 0 Å². The molecule has 1 aliphatic heterocycles. The van der Waals surface area contributed by atoms with E-state index in [0.29, 0.717) is 15.6 Å². The lowest BCUT2D eigenvalue weighted by atomic mass is 9.85. The molecule has 0 saturated carbocycles. The van der Waals surface area contributed by atoms with Crippen molar-refractivity contribution in [1.82, 2.24) is 4.98 Å². The fraction of sp³-hybridized carbons (Fsp3) is 0.158. The van der Waals surface area contributed by atoms with Crippen LogP contribution in [0, 0.1) is 23.0 Å². The lowest BCUT2D eigenvalue weighted by Crippen LogP contribution is -2.22. The van der Waals surface area contributed by atoms with E-state index in [1.54, 1.807) is 0 Å². The van der Waals surface area contributed by atoms with Crippen molar-refractivity contribution in [2.75, 3.05) is 0 Å². The van der Waals surface area contributed by atoms with Crippen molar-refractivity contribution in [3.05, 3.63) is 84.9 Å². The van der Waals surface area contributed by atoms with Crippen LogP contribution in [0.4, 0.5) is 5.69 Å². The fourth-order valence-corrected chi connectivity index (χ4v) is 4.25. The lowest BCUT2D eigenvalue weighted by molar-refractivity contribution is -0.418. The highest BCUT2D eigenvalue weighted by molar-refractivity contribution is 14.1. The van der Waals surface area contributed by atoms with E-state index in [1.165, 1.54) is 0 Å². The van der Waals surface area contributed by atoms with Crippen LogP contribution in [0.1, 0.15) is 17.0 Å². The Labute approximate surface area is 158 Å². The minimum atomic E-state index is -0.299. The summed E-state index contributed by atoms with van der Waals surface area (Å²) in [6.45, 7) is 1.96. The van der Waals surface area contributed by atoms with Crippen LogP contribution < -0.4 is 0 Å². The molecule has 0 N–H and O–H groups in total. The molecule has 2 heterocycles. The Morgan fingerprint density at radius 1 is 1.20 bits per heavy atom. The molecule has 0 bridgehead atoms. The summed E-state index contributed by atoms with van der Waals surface area (Å²) in [4.78, 5) is 20.7. The number of benzene rings is 1. The number of hydrogen-bond acceptors (Lipinski definition) is 4. The van der Waals surface area contributed by atoms with Crippen LogP contribution in [-0.2, 0) is 6.42 Å². The molecule has 124 valence electrons. The van der Waals surface area contributed by atoms with Crippen molar-refractivity contribution >= 4 is 39.6 Å². The zero-order valence-corrected chi connectivity index (χ0v) is 15.6. The van der Waals surface area contributed by atoms with Crippen molar-refractivity contribution in [3.8, 4) is 0 Å². The number of nitrogens with zero attached hydrogens (tertiary/aromatic N) is 3. The van der Waals surface area contributed by atoms with Crippen LogP contribution in [0.2, 0.25) is 0 Å². The minimum absolute atomic E-state index is 0.0210. The summed E-state index contributed by atoms with van der Waals surface area (Å²) in [5.41, 5.74) is 5.15. The number of allylic oxidation sites excluding steroid dienone is 3. The topological polar surface area (TPSA) is 68.4 Å². The maximum atomic E-state index is 11.7. The molecule has 6 heteroatoms. The quantitative estimate of drug-likeness (QED) is 0.394. The number of para-hydroxylation sites is 1. The summed E-state index contributed by atoms with van der Waals surface area (Å²) >= 11 is 2.06. The number of aryl methyl sites for hydroxylation is 1. The first-order valence-corrected chi connectivity index (χ1v) is 8.99. The van der Waals surface area contributed by atoms with Gasteiger partial charge in [-0.2, -0.15) is 0 Å². The van der Waals surface area contributed by atoms with E-state index in [2.05, 4.69) is 27.6 Å². The SMILES string of the molecule is Cc1cccc(CC2C=C(I)C([N+](=O)[O-])=C3C2=Nc2ccccc23)n1. The monoisotopic (exact) mass is 443 g/mol. The molecule has 1 aromatic carbocycles. The standard InChI is InChI=1S/C19H14IN3O2/c1-11-5-4-6-13(21-11)9-12-10-15(20)19(23(24)25)17-14-7-2-3-8-16(14)22-18(12)17/h2-8,10,12H,9H2,1H3. The third-order valence-electron chi connectivity index (χ3n) is 4.39. The van der Waals surface area contributed by atoms with Crippen molar-refractivity contribution in [1.29, 1.82) is 0 Å². The molecular weight excluding hydrogens is 429 g/mol. The molecule has 25 heavy (non-hydrogen) atoms. The van der Waals surface area contributed by atoms with Gasteiger partial charge in [0.1, 0.15) is 0 Å². The highest BCUT2D eigenvalue weighted by atomic mass is 127. The molecule has 1 aliphatic carbocycles. The van der Waals surface area contributed by atoms with Crippen molar-refractivity contribution in [2.24, 2.45) is 10.9 Å². The number of aromatic nitrogens is 1. The summed E-state index contributed by atoms with van der Waals surface area (Å²) in [7, 11) is 0. The van der Waals surface area contributed by atoms with Gasteiger partial charge >= 0.3 is 0 Å². The van der Waals surface area contributed by atoms with Crippen LogP contribution in [0.25, 0.3) is 5.57 Å². The molecule has 0 radical (unpaired) electrons. The van der Waals surface area contributed by atoms with E-state index in [4.69, 9.17) is 4.99 Å². The smallest absolute Gasteiger partial charge is 0.258 e. The van der Waals surface area contributed by atoms with Crippen molar-refractivity contribution < 1.29 is 4.92 Å². The molecule has 0 amide bonds. The zero-order chi connectivity index (χ0) is 17.6. The third kappa shape index (κ3) is 2.80. The first kappa shape index (κ1) is 16.1. The average Bonchev–Trinajstić information content (AvgIpc) is 2.94. The molecule has 1 aromatic heterocycles. The van der Waals surface area contributed by atoms with Gasteiger partial charge in [0.25, 0.3) is 5.70 Å². The molecule has 0 fully saturated rings. The minimum Gasteiger partial charge on any atom is -0.258 e. The predicted molar refractivity (Wildman–Crippen MR) is 106 cm³/mol. The molecule has 4 rings (SSSR count). The number of rotatable bonds is 3. The Morgan fingerprint density at radius 3 is 2.76 bits per heavy atom. The third-order valence-corrected chi connectivity index (χ3v) is 5.26. The van der Waals surface area contributed by atoms with Gasteiger partial charge in [-0.25, -0.2) is 0 Å². The number of nitro groups is 1. The van der Waals surface area contributed by atoms with Gasteiger partial charge in [0.15, 0.2) is 0 Å². The second-order valence-corrected chi connectivity index (χ2v) is 7.25. The molecular formula is C19H14IN3O2. The Kier molecular flexibility index (Phi) is 3.99. The summed E-state index contributed by atoms with van der Waals surface area (Å²) in [5, 5.41) is 11.7. The van der Waals surface area contributed by atoms with E-state index < -0.39 is 0 Å². The van der Waals surface area contributed by atoms with Gasteiger partial charge < -0.3 is 0 Å². The normalized spacial score (nSPS) is 18.4. The second-order valence-electron chi connectivity index (χ2n) is 6.09. The van der Waals surface area contributed by atoms with Crippen molar-refractivity contribution in [3.63, 3.8) is 0 Å². The number of halogens is 1. The highest BCUT2D eigenvalue weighted by Crippen LogP contribution is 2.45. The molecule has 1 atom stereocenters. The van der Waals surface area contributed by atoms with Crippen LogP contribution >= 0.6 is 22.6 Å². The lowest BCUT2D eigenvalue weighted by Gasteiger charge is -2.20. The molecule has 0 spiro atoms. The maximum absolute atomic E-state index is 11.7. The molecule has 0 saturated heterocycles. The van der Waals surface area contributed by atoms with Crippen LogP contribution in [0.15, 0.2) is 62.8 Å². The molecule has 1 unspecified atom stereocenters. The molecule has 2 aliphatic rings.